The molecule has 2 rings (SSSR count). The summed E-state index contributed by atoms with van der Waals surface area (Å²) in [7, 11) is -1.69. The van der Waals surface area contributed by atoms with Crippen LogP contribution in [0.5, 0.6) is 0 Å². The van der Waals surface area contributed by atoms with Crippen molar-refractivity contribution in [3.63, 3.8) is 0 Å². The highest BCUT2D eigenvalue weighted by Gasteiger charge is 2.30. The van der Waals surface area contributed by atoms with Crippen LogP contribution in [-0.4, -0.2) is 32.9 Å². The van der Waals surface area contributed by atoms with Gasteiger partial charge in [0.05, 0.1) is 5.02 Å². The number of sulfonamides is 1. The minimum Gasteiger partial charge on any atom is -0.316 e. The Balaban J connectivity index is 2.29. The quantitative estimate of drug-likeness (QED) is 0.836. The monoisotopic (exact) mass is 330 g/mol. The maximum Gasteiger partial charge on any atom is 0.244 e. The Morgan fingerprint density at radius 3 is 2.62 bits per heavy atom. The van der Waals surface area contributed by atoms with Crippen LogP contribution in [0, 0.1) is 5.92 Å². The second-order valence-electron chi connectivity index (χ2n) is 5.55. The van der Waals surface area contributed by atoms with Crippen molar-refractivity contribution in [2.24, 2.45) is 5.92 Å². The van der Waals surface area contributed by atoms with Gasteiger partial charge in [-0.15, -0.1) is 0 Å². The predicted octanol–water partition coefficient (Wildman–Crippen LogP) is 2.87. The Kier molecular flexibility index (Phi) is 5.66. The molecule has 1 saturated carbocycles. The van der Waals surface area contributed by atoms with Gasteiger partial charge < -0.3 is 5.32 Å². The van der Waals surface area contributed by atoms with Gasteiger partial charge in [-0.25, -0.2) is 8.42 Å². The maximum atomic E-state index is 12.8. The number of hydrogen-bond acceptors (Lipinski definition) is 3. The first kappa shape index (κ1) is 16.7. The highest BCUT2D eigenvalue weighted by atomic mass is 35.5. The molecule has 0 spiro atoms. The predicted molar refractivity (Wildman–Crippen MR) is 86.0 cm³/mol. The summed E-state index contributed by atoms with van der Waals surface area (Å²) in [4.78, 5) is 0.220. The van der Waals surface area contributed by atoms with Gasteiger partial charge in [0.2, 0.25) is 10.0 Å². The fourth-order valence-electron chi connectivity index (χ4n) is 2.56. The van der Waals surface area contributed by atoms with E-state index in [1.165, 1.54) is 6.42 Å². The molecule has 4 nitrogen and oxygen atoms in total. The molecule has 1 aromatic rings. The zero-order valence-electron chi connectivity index (χ0n) is 12.6. The Hall–Kier alpha value is -0.620. The van der Waals surface area contributed by atoms with Crippen molar-refractivity contribution in [2.75, 3.05) is 20.1 Å². The highest BCUT2D eigenvalue weighted by Crippen LogP contribution is 2.31. The molecule has 0 amide bonds. The molecule has 0 atom stereocenters. The van der Waals surface area contributed by atoms with E-state index in [9.17, 15) is 8.42 Å². The number of nitrogens with one attached hydrogen (secondary N) is 1. The van der Waals surface area contributed by atoms with Crippen LogP contribution >= 0.6 is 11.6 Å². The largest absolute Gasteiger partial charge is 0.316 e. The van der Waals surface area contributed by atoms with Crippen molar-refractivity contribution in [1.82, 2.24) is 9.62 Å². The van der Waals surface area contributed by atoms with E-state index in [0.29, 0.717) is 30.6 Å². The van der Waals surface area contributed by atoms with Gasteiger partial charge in [-0.1, -0.05) is 31.0 Å². The number of hydrogen-bond donors (Lipinski definition) is 1. The Bertz CT molecular complexity index is 585. The first-order valence-corrected chi connectivity index (χ1v) is 9.24. The molecule has 6 heteroatoms. The second-order valence-corrected chi connectivity index (χ2v) is 7.86. The lowest BCUT2D eigenvalue weighted by Crippen LogP contribution is -2.37. The van der Waals surface area contributed by atoms with Gasteiger partial charge in [0.15, 0.2) is 0 Å². The zero-order chi connectivity index (χ0) is 15.5. The molecule has 0 bridgehead atoms. The third kappa shape index (κ3) is 3.77. The minimum absolute atomic E-state index is 0.220. The van der Waals surface area contributed by atoms with Gasteiger partial charge in [-0.05, 0) is 43.5 Å². The van der Waals surface area contributed by atoms with Gasteiger partial charge in [-0.2, -0.15) is 4.31 Å². The average molecular weight is 331 g/mol. The fourth-order valence-corrected chi connectivity index (χ4v) is 4.61. The second kappa shape index (κ2) is 7.09. The number of benzene rings is 1. The molecule has 0 aromatic heterocycles. The summed E-state index contributed by atoms with van der Waals surface area (Å²) >= 11 is 6.14. The summed E-state index contributed by atoms with van der Waals surface area (Å²) in [6.07, 6.45) is 3.46. The van der Waals surface area contributed by atoms with Crippen molar-refractivity contribution in [3.05, 3.63) is 28.8 Å². The van der Waals surface area contributed by atoms with Gasteiger partial charge in [0, 0.05) is 19.6 Å². The van der Waals surface area contributed by atoms with Crippen molar-refractivity contribution in [3.8, 4) is 0 Å². The first-order chi connectivity index (χ1) is 9.98. The van der Waals surface area contributed by atoms with Crippen LogP contribution in [0.1, 0.15) is 31.7 Å². The Labute approximate surface area is 132 Å². The van der Waals surface area contributed by atoms with E-state index in [1.807, 2.05) is 20.0 Å². The third-order valence-electron chi connectivity index (χ3n) is 4.03. The van der Waals surface area contributed by atoms with E-state index < -0.39 is 10.0 Å². The van der Waals surface area contributed by atoms with E-state index in [4.69, 9.17) is 11.6 Å². The van der Waals surface area contributed by atoms with Crippen molar-refractivity contribution >= 4 is 21.6 Å². The topological polar surface area (TPSA) is 49.4 Å². The maximum absolute atomic E-state index is 12.8. The molecule has 1 aliphatic carbocycles. The van der Waals surface area contributed by atoms with Gasteiger partial charge in [-0.3, -0.25) is 0 Å². The summed E-state index contributed by atoms with van der Waals surface area (Å²) in [5, 5.41) is 3.32. The summed E-state index contributed by atoms with van der Waals surface area (Å²) in [5.41, 5.74) is 0.917. The molecular formula is C15H23ClN2O2S. The molecule has 1 aromatic carbocycles. The molecular weight excluding hydrogens is 308 g/mol. The van der Waals surface area contributed by atoms with E-state index >= 15 is 0 Å². The van der Waals surface area contributed by atoms with Crippen LogP contribution in [0.3, 0.4) is 0 Å². The summed E-state index contributed by atoms with van der Waals surface area (Å²) < 4.78 is 27.2. The van der Waals surface area contributed by atoms with Crippen molar-refractivity contribution in [2.45, 2.75) is 37.6 Å². The summed E-state index contributed by atoms with van der Waals surface area (Å²) in [5.74, 6) is 0.499. The van der Waals surface area contributed by atoms with Gasteiger partial charge in [0.1, 0.15) is 4.90 Å². The number of rotatable bonds is 7. The molecule has 118 valence electrons. The van der Waals surface area contributed by atoms with Crippen molar-refractivity contribution in [1.29, 1.82) is 0 Å². The lowest BCUT2D eigenvalue weighted by molar-refractivity contribution is 0.250. The van der Waals surface area contributed by atoms with Gasteiger partial charge in [0.25, 0.3) is 0 Å². The Morgan fingerprint density at radius 2 is 2.10 bits per heavy atom. The van der Waals surface area contributed by atoms with Crippen LogP contribution in [-0.2, 0) is 16.6 Å². The van der Waals surface area contributed by atoms with E-state index in [1.54, 1.807) is 16.4 Å². The standard InChI is InChI=1S/C15H23ClN2O2S/c1-3-18(11-12-5-4-6-12)21(19,20)15-9-13(10-17-2)7-8-14(15)16/h7-9,12,17H,3-6,10-11H2,1-2H3. The van der Waals surface area contributed by atoms with Crippen LogP contribution in [0.25, 0.3) is 0 Å². The molecule has 0 aliphatic heterocycles. The van der Waals surface area contributed by atoms with Crippen molar-refractivity contribution < 1.29 is 8.42 Å². The fraction of sp³-hybridized carbons (Fsp3) is 0.600. The summed E-state index contributed by atoms with van der Waals surface area (Å²) in [6.45, 7) is 3.58. The van der Waals surface area contributed by atoms with Crippen LogP contribution in [0.15, 0.2) is 23.1 Å². The lowest BCUT2D eigenvalue weighted by Gasteiger charge is -2.31. The molecule has 0 unspecified atom stereocenters. The smallest absolute Gasteiger partial charge is 0.244 e. The molecule has 1 N–H and O–H groups in total. The zero-order valence-corrected chi connectivity index (χ0v) is 14.2. The first-order valence-electron chi connectivity index (χ1n) is 7.42. The molecule has 0 saturated heterocycles. The Morgan fingerprint density at radius 1 is 1.38 bits per heavy atom. The van der Waals surface area contributed by atoms with Crippen LogP contribution < -0.4 is 5.32 Å². The number of halogens is 1. The van der Waals surface area contributed by atoms with Crippen LogP contribution in [0.2, 0.25) is 5.02 Å². The number of nitrogens with zero attached hydrogens (tertiary/aromatic N) is 1. The minimum atomic E-state index is -3.52. The molecule has 1 fully saturated rings. The molecule has 1 aliphatic rings. The highest BCUT2D eigenvalue weighted by molar-refractivity contribution is 7.89. The van der Waals surface area contributed by atoms with E-state index in [-0.39, 0.29) is 4.90 Å². The van der Waals surface area contributed by atoms with Crippen LogP contribution in [0.4, 0.5) is 0 Å². The summed E-state index contributed by atoms with van der Waals surface area (Å²) in [6, 6.07) is 5.19. The molecule has 0 radical (unpaired) electrons. The average Bonchev–Trinajstić information content (AvgIpc) is 2.39. The normalized spacial score (nSPS) is 16.2. The molecule has 21 heavy (non-hydrogen) atoms. The van der Waals surface area contributed by atoms with E-state index in [2.05, 4.69) is 5.32 Å². The molecule has 0 heterocycles. The SMILES string of the molecule is CCN(CC1CCC1)S(=O)(=O)c1cc(CNC)ccc1Cl. The third-order valence-corrected chi connectivity index (χ3v) is 6.46. The lowest BCUT2D eigenvalue weighted by atomic mass is 9.85. The van der Waals surface area contributed by atoms with E-state index in [0.717, 1.165) is 18.4 Å². The van der Waals surface area contributed by atoms with Gasteiger partial charge >= 0.3 is 0 Å².